The van der Waals surface area contributed by atoms with Crippen LogP contribution in [0.15, 0.2) is 72.8 Å². The van der Waals surface area contributed by atoms with Crippen molar-refractivity contribution in [3.63, 3.8) is 0 Å². The SMILES string of the molecule is CCc1ccc2c(ccc3cc4c(ccc5cc(CC)ccc54)cc32)c1. The van der Waals surface area contributed by atoms with Crippen LogP contribution in [-0.2, 0) is 12.8 Å². The highest BCUT2D eigenvalue weighted by Crippen LogP contribution is 2.33. The van der Waals surface area contributed by atoms with Gasteiger partial charge in [0.05, 0.1) is 0 Å². The molecule has 0 fully saturated rings. The second-order valence-corrected chi connectivity index (χ2v) is 7.24. The van der Waals surface area contributed by atoms with Gasteiger partial charge in [-0.2, -0.15) is 0 Å². The number of benzene rings is 5. The van der Waals surface area contributed by atoms with Gasteiger partial charge in [0.25, 0.3) is 0 Å². The van der Waals surface area contributed by atoms with E-state index in [1.807, 2.05) is 0 Å². The van der Waals surface area contributed by atoms with Crippen molar-refractivity contribution in [1.82, 2.24) is 0 Å². The summed E-state index contributed by atoms with van der Waals surface area (Å²) in [4.78, 5) is 0. The first kappa shape index (κ1) is 15.4. The van der Waals surface area contributed by atoms with E-state index >= 15 is 0 Å². The first-order valence-corrected chi connectivity index (χ1v) is 9.57. The second kappa shape index (κ2) is 5.85. The third-order valence-electron chi connectivity index (χ3n) is 5.74. The molecule has 0 bridgehead atoms. The van der Waals surface area contributed by atoms with Crippen LogP contribution in [0.3, 0.4) is 0 Å². The van der Waals surface area contributed by atoms with Gasteiger partial charge in [0.1, 0.15) is 0 Å². The topological polar surface area (TPSA) is 0 Å². The Kier molecular flexibility index (Phi) is 3.46. The van der Waals surface area contributed by atoms with Crippen molar-refractivity contribution in [1.29, 1.82) is 0 Å². The number of hydrogen-bond donors (Lipinski definition) is 0. The van der Waals surface area contributed by atoms with Crippen LogP contribution >= 0.6 is 0 Å². The van der Waals surface area contributed by atoms with Crippen molar-refractivity contribution in [2.24, 2.45) is 0 Å². The maximum atomic E-state index is 2.37. The Labute approximate surface area is 154 Å². The van der Waals surface area contributed by atoms with Crippen LogP contribution in [-0.4, -0.2) is 0 Å². The molecule has 0 aliphatic rings. The molecule has 0 aromatic heterocycles. The molecule has 0 aliphatic carbocycles. The summed E-state index contributed by atoms with van der Waals surface area (Å²) in [5.41, 5.74) is 2.80. The van der Waals surface area contributed by atoms with Crippen LogP contribution in [0.1, 0.15) is 25.0 Å². The Hall–Kier alpha value is -2.86. The van der Waals surface area contributed by atoms with Crippen LogP contribution in [0, 0.1) is 0 Å². The molecule has 5 rings (SSSR count). The fraction of sp³-hybridized carbons (Fsp3) is 0.154. The highest BCUT2D eigenvalue weighted by Gasteiger charge is 2.07. The van der Waals surface area contributed by atoms with Gasteiger partial charge in [0.15, 0.2) is 0 Å². The van der Waals surface area contributed by atoms with E-state index in [-0.39, 0.29) is 0 Å². The summed E-state index contributed by atoms with van der Waals surface area (Å²) in [7, 11) is 0. The Bertz CT molecular complexity index is 1190. The third-order valence-corrected chi connectivity index (χ3v) is 5.74. The highest BCUT2D eigenvalue weighted by molar-refractivity contribution is 6.17. The van der Waals surface area contributed by atoms with E-state index in [1.165, 1.54) is 54.2 Å². The molecule has 0 atom stereocenters. The lowest BCUT2D eigenvalue weighted by Crippen LogP contribution is -1.85. The molecule has 5 aromatic rings. The van der Waals surface area contributed by atoms with E-state index in [1.54, 1.807) is 0 Å². The van der Waals surface area contributed by atoms with Crippen molar-refractivity contribution in [3.8, 4) is 0 Å². The Morgan fingerprint density at radius 3 is 1.19 bits per heavy atom. The molecule has 0 heteroatoms. The molecular formula is C26H22. The molecule has 0 unspecified atom stereocenters. The maximum Gasteiger partial charge on any atom is -0.00990 e. The lowest BCUT2D eigenvalue weighted by molar-refractivity contribution is 1.15. The largest absolute Gasteiger partial charge is 0.0613 e. The fourth-order valence-corrected chi connectivity index (χ4v) is 4.17. The molecule has 0 saturated carbocycles. The van der Waals surface area contributed by atoms with E-state index in [2.05, 4.69) is 86.6 Å². The van der Waals surface area contributed by atoms with Gasteiger partial charge in [0.2, 0.25) is 0 Å². The van der Waals surface area contributed by atoms with Crippen LogP contribution < -0.4 is 0 Å². The minimum absolute atomic E-state index is 1.08. The average molecular weight is 334 g/mol. The van der Waals surface area contributed by atoms with Gasteiger partial charge < -0.3 is 0 Å². The van der Waals surface area contributed by atoms with Gasteiger partial charge >= 0.3 is 0 Å². The fourth-order valence-electron chi connectivity index (χ4n) is 4.17. The van der Waals surface area contributed by atoms with Crippen molar-refractivity contribution < 1.29 is 0 Å². The first-order chi connectivity index (χ1) is 12.8. The summed E-state index contributed by atoms with van der Waals surface area (Å²) in [6.45, 7) is 4.43. The number of rotatable bonds is 2. The van der Waals surface area contributed by atoms with Gasteiger partial charge in [-0.15, -0.1) is 0 Å². The van der Waals surface area contributed by atoms with Crippen molar-refractivity contribution >= 4 is 43.1 Å². The van der Waals surface area contributed by atoms with E-state index in [0.717, 1.165) is 12.8 Å². The molecule has 5 aromatic carbocycles. The lowest BCUT2D eigenvalue weighted by Gasteiger charge is -2.10. The van der Waals surface area contributed by atoms with Gasteiger partial charge in [0, 0.05) is 0 Å². The highest BCUT2D eigenvalue weighted by atomic mass is 14.1. The minimum Gasteiger partial charge on any atom is -0.0613 e. The van der Waals surface area contributed by atoms with E-state index in [0.29, 0.717) is 0 Å². The van der Waals surface area contributed by atoms with Crippen molar-refractivity contribution in [3.05, 3.63) is 83.9 Å². The summed E-state index contributed by atoms with van der Waals surface area (Å²) < 4.78 is 0. The third kappa shape index (κ3) is 2.29. The average Bonchev–Trinajstić information content (AvgIpc) is 2.71. The van der Waals surface area contributed by atoms with Crippen molar-refractivity contribution in [2.45, 2.75) is 26.7 Å². The number of fused-ring (bicyclic) bond motifs is 6. The number of aryl methyl sites for hydroxylation is 2. The van der Waals surface area contributed by atoms with Gasteiger partial charge in [-0.3, -0.25) is 0 Å². The lowest BCUT2D eigenvalue weighted by atomic mass is 9.94. The molecular weight excluding hydrogens is 312 g/mol. The standard InChI is InChI=1S/C26H22/c1-3-17-5-11-23-19(13-17)7-9-21-16-26-22(15-25(21)23)10-8-20-14-18(4-2)6-12-24(20)26/h5-16H,3-4H2,1-2H3. The van der Waals surface area contributed by atoms with Crippen molar-refractivity contribution in [2.75, 3.05) is 0 Å². The Morgan fingerprint density at radius 1 is 0.423 bits per heavy atom. The summed E-state index contributed by atoms with van der Waals surface area (Å²) in [5, 5.41) is 10.7. The minimum atomic E-state index is 1.08. The zero-order valence-electron chi connectivity index (χ0n) is 15.3. The summed E-state index contributed by atoms with van der Waals surface area (Å²) >= 11 is 0. The molecule has 0 radical (unpaired) electrons. The predicted molar refractivity (Wildman–Crippen MR) is 115 cm³/mol. The second-order valence-electron chi connectivity index (χ2n) is 7.24. The monoisotopic (exact) mass is 334 g/mol. The van der Waals surface area contributed by atoms with E-state index in [4.69, 9.17) is 0 Å². The van der Waals surface area contributed by atoms with Gasteiger partial charge in [-0.25, -0.2) is 0 Å². The molecule has 0 nitrogen and oxygen atoms in total. The Morgan fingerprint density at radius 2 is 0.808 bits per heavy atom. The summed E-state index contributed by atoms with van der Waals surface area (Å²) in [5.74, 6) is 0. The summed E-state index contributed by atoms with van der Waals surface area (Å²) in [6.07, 6.45) is 2.16. The first-order valence-electron chi connectivity index (χ1n) is 9.57. The molecule has 0 spiro atoms. The normalized spacial score (nSPS) is 11.8. The van der Waals surface area contributed by atoms with Crippen LogP contribution in [0.25, 0.3) is 43.1 Å². The van der Waals surface area contributed by atoms with E-state index in [9.17, 15) is 0 Å². The number of hydrogen-bond acceptors (Lipinski definition) is 0. The molecule has 0 aliphatic heterocycles. The van der Waals surface area contributed by atoms with Gasteiger partial charge in [-0.05, 0) is 79.2 Å². The zero-order valence-corrected chi connectivity index (χ0v) is 15.3. The quantitative estimate of drug-likeness (QED) is 0.233. The molecule has 0 amide bonds. The molecule has 26 heavy (non-hydrogen) atoms. The maximum absolute atomic E-state index is 2.37. The molecule has 0 saturated heterocycles. The van der Waals surface area contributed by atoms with E-state index < -0.39 is 0 Å². The zero-order chi connectivity index (χ0) is 17.7. The smallest absolute Gasteiger partial charge is 0.00990 e. The van der Waals surface area contributed by atoms with Gasteiger partial charge in [-0.1, -0.05) is 74.5 Å². The molecule has 0 N–H and O–H groups in total. The molecule has 126 valence electrons. The van der Waals surface area contributed by atoms with Crippen LogP contribution in [0.2, 0.25) is 0 Å². The Balaban J connectivity index is 1.85. The van der Waals surface area contributed by atoms with Crippen LogP contribution in [0.4, 0.5) is 0 Å². The molecule has 0 heterocycles. The predicted octanol–water partition coefficient (Wildman–Crippen LogP) is 7.42. The van der Waals surface area contributed by atoms with Crippen LogP contribution in [0.5, 0.6) is 0 Å². The summed E-state index contributed by atoms with van der Waals surface area (Å²) in [6, 6.07) is 27.6.